The summed E-state index contributed by atoms with van der Waals surface area (Å²) in [6.07, 6.45) is 7.03. The lowest BCUT2D eigenvalue weighted by molar-refractivity contribution is 0.568. The predicted molar refractivity (Wildman–Crippen MR) is 80.8 cm³/mol. The molecule has 0 aromatic carbocycles. The summed E-state index contributed by atoms with van der Waals surface area (Å²) in [5, 5.41) is 9.46. The van der Waals surface area contributed by atoms with Gasteiger partial charge in [-0.15, -0.1) is 0 Å². The van der Waals surface area contributed by atoms with Gasteiger partial charge in [-0.25, -0.2) is 4.98 Å². The first kappa shape index (κ1) is 13.4. The summed E-state index contributed by atoms with van der Waals surface area (Å²) in [6, 6.07) is 5.08. The van der Waals surface area contributed by atoms with Gasteiger partial charge in [0.15, 0.2) is 0 Å². The number of aromatic nitrogens is 1. The molecule has 0 atom stereocenters. The molecule has 3 nitrogen and oxygen atoms in total. The molecule has 0 saturated heterocycles. The van der Waals surface area contributed by atoms with Crippen molar-refractivity contribution in [3.8, 4) is 6.07 Å². The average Bonchev–Trinajstić information content (AvgIpc) is 3.16. The van der Waals surface area contributed by atoms with Crippen LogP contribution in [-0.4, -0.2) is 17.6 Å². The van der Waals surface area contributed by atoms with Crippen molar-refractivity contribution >= 4 is 5.82 Å². The van der Waals surface area contributed by atoms with Crippen molar-refractivity contribution in [3.05, 3.63) is 22.9 Å². The number of aryl methyl sites for hydroxylation is 2. The highest BCUT2D eigenvalue weighted by Crippen LogP contribution is 2.35. The Morgan fingerprint density at radius 1 is 1.40 bits per heavy atom. The summed E-state index contributed by atoms with van der Waals surface area (Å²) < 4.78 is 0. The van der Waals surface area contributed by atoms with E-state index in [0.29, 0.717) is 12.0 Å². The van der Waals surface area contributed by atoms with E-state index in [9.17, 15) is 5.26 Å². The molecular weight excluding hydrogens is 246 g/mol. The van der Waals surface area contributed by atoms with Crippen LogP contribution >= 0.6 is 0 Å². The van der Waals surface area contributed by atoms with Gasteiger partial charge in [0, 0.05) is 18.3 Å². The molecule has 1 aromatic rings. The van der Waals surface area contributed by atoms with E-state index in [2.05, 4.69) is 30.9 Å². The summed E-state index contributed by atoms with van der Waals surface area (Å²) in [6.45, 7) is 5.54. The number of hydrogen-bond acceptors (Lipinski definition) is 3. The van der Waals surface area contributed by atoms with Gasteiger partial charge in [0.2, 0.25) is 0 Å². The Bertz CT molecular complexity index is 538. The Hall–Kier alpha value is -1.56. The van der Waals surface area contributed by atoms with Gasteiger partial charge in [-0.05, 0) is 56.1 Å². The number of rotatable bonds is 5. The van der Waals surface area contributed by atoms with Crippen molar-refractivity contribution in [1.29, 1.82) is 5.26 Å². The smallest absolute Gasteiger partial charge is 0.147 e. The van der Waals surface area contributed by atoms with E-state index in [1.165, 1.54) is 36.9 Å². The minimum absolute atomic E-state index is 0.618. The Morgan fingerprint density at radius 3 is 2.85 bits per heavy atom. The highest BCUT2D eigenvalue weighted by atomic mass is 15.2. The summed E-state index contributed by atoms with van der Waals surface area (Å²) in [5.41, 5.74) is 3.31. The third kappa shape index (κ3) is 2.65. The van der Waals surface area contributed by atoms with Crippen molar-refractivity contribution in [2.24, 2.45) is 5.92 Å². The van der Waals surface area contributed by atoms with Gasteiger partial charge in [0.1, 0.15) is 11.9 Å². The first-order chi connectivity index (χ1) is 9.69. The lowest BCUT2D eigenvalue weighted by atomic mass is 10.1. The Labute approximate surface area is 121 Å². The normalized spacial score (nSPS) is 17.1. The molecule has 1 fully saturated rings. The standard InChI is InChI=1S/C17H23N3/c1-12(2)8-9-20(15-6-7-15)17-14(11-18)10-13-4-3-5-16(13)19-17/h10,12,15H,3-9H2,1-2H3. The highest BCUT2D eigenvalue weighted by molar-refractivity contribution is 5.58. The SMILES string of the molecule is CC(C)CCN(c1nc2c(cc1C#N)CCC2)C1CC1. The summed E-state index contributed by atoms with van der Waals surface area (Å²) in [5.74, 6) is 1.65. The van der Waals surface area contributed by atoms with Gasteiger partial charge in [-0.1, -0.05) is 13.8 Å². The number of pyridine rings is 1. The lowest BCUT2D eigenvalue weighted by Gasteiger charge is -2.26. The molecule has 1 heterocycles. The van der Waals surface area contributed by atoms with E-state index in [1.807, 2.05) is 0 Å². The van der Waals surface area contributed by atoms with Crippen LogP contribution in [0.15, 0.2) is 6.07 Å². The van der Waals surface area contributed by atoms with Crippen molar-refractivity contribution < 1.29 is 0 Å². The first-order valence-corrected chi connectivity index (χ1v) is 7.88. The summed E-state index contributed by atoms with van der Waals surface area (Å²) >= 11 is 0. The number of hydrogen-bond donors (Lipinski definition) is 0. The molecule has 0 spiro atoms. The molecule has 2 aliphatic rings. The fourth-order valence-electron chi connectivity index (χ4n) is 3.01. The second-order valence-electron chi connectivity index (χ2n) is 6.54. The molecule has 1 aromatic heterocycles. The van der Waals surface area contributed by atoms with E-state index >= 15 is 0 Å². The molecule has 2 aliphatic carbocycles. The molecular formula is C17H23N3. The first-order valence-electron chi connectivity index (χ1n) is 7.88. The maximum atomic E-state index is 9.46. The van der Waals surface area contributed by atoms with Crippen LogP contribution in [0.4, 0.5) is 5.82 Å². The maximum absolute atomic E-state index is 9.46. The zero-order valence-corrected chi connectivity index (χ0v) is 12.5. The van der Waals surface area contributed by atoms with Crippen LogP contribution in [0.3, 0.4) is 0 Å². The zero-order chi connectivity index (χ0) is 14.1. The molecule has 3 heteroatoms. The van der Waals surface area contributed by atoms with Gasteiger partial charge in [0.25, 0.3) is 0 Å². The Balaban J connectivity index is 1.91. The second kappa shape index (κ2) is 5.44. The molecule has 0 radical (unpaired) electrons. The predicted octanol–water partition coefficient (Wildman–Crippen LogP) is 3.46. The van der Waals surface area contributed by atoms with E-state index in [0.717, 1.165) is 30.8 Å². The lowest BCUT2D eigenvalue weighted by Crippen LogP contribution is -2.29. The number of anilines is 1. The molecule has 3 rings (SSSR count). The fraction of sp³-hybridized carbons (Fsp3) is 0.647. The fourth-order valence-corrected chi connectivity index (χ4v) is 3.01. The number of nitriles is 1. The van der Waals surface area contributed by atoms with Gasteiger partial charge in [0.05, 0.1) is 5.56 Å². The van der Waals surface area contributed by atoms with Gasteiger partial charge in [-0.2, -0.15) is 5.26 Å². The zero-order valence-electron chi connectivity index (χ0n) is 12.5. The van der Waals surface area contributed by atoms with E-state index in [1.54, 1.807) is 0 Å². The van der Waals surface area contributed by atoms with E-state index in [4.69, 9.17) is 4.98 Å². The molecule has 0 bridgehead atoms. The Morgan fingerprint density at radius 2 is 2.20 bits per heavy atom. The minimum atomic E-state index is 0.618. The third-order valence-corrected chi connectivity index (χ3v) is 4.36. The van der Waals surface area contributed by atoms with Crippen molar-refractivity contribution in [2.45, 2.75) is 58.4 Å². The van der Waals surface area contributed by atoms with E-state index < -0.39 is 0 Å². The summed E-state index contributed by atoms with van der Waals surface area (Å²) in [4.78, 5) is 7.27. The molecule has 20 heavy (non-hydrogen) atoms. The second-order valence-corrected chi connectivity index (χ2v) is 6.54. The highest BCUT2D eigenvalue weighted by Gasteiger charge is 2.32. The molecule has 0 aliphatic heterocycles. The van der Waals surface area contributed by atoms with Crippen LogP contribution in [0.2, 0.25) is 0 Å². The maximum Gasteiger partial charge on any atom is 0.147 e. The molecule has 0 unspecified atom stereocenters. The molecule has 1 saturated carbocycles. The van der Waals surface area contributed by atoms with Crippen molar-refractivity contribution in [1.82, 2.24) is 4.98 Å². The van der Waals surface area contributed by atoms with Crippen LogP contribution in [0, 0.1) is 17.2 Å². The van der Waals surface area contributed by atoms with E-state index in [-0.39, 0.29) is 0 Å². The molecule has 106 valence electrons. The minimum Gasteiger partial charge on any atom is -0.353 e. The average molecular weight is 269 g/mol. The molecule has 0 N–H and O–H groups in total. The van der Waals surface area contributed by atoms with Gasteiger partial charge >= 0.3 is 0 Å². The topological polar surface area (TPSA) is 39.9 Å². The van der Waals surface area contributed by atoms with Gasteiger partial charge in [-0.3, -0.25) is 0 Å². The van der Waals surface area contributed by atoms with Crippen LogP contribution in [0.25, 0.3) is 0 Å². The molecule has 0 amide bonds. The van der Waals surface area contributed by atoms with Crippen LogP contribution in [0.1, 0.15) is 56.4 Å². The quantitative estimate of drug-likeness (QED) is 0.822. The van der Waals surface area contributed by atoms with Crippen LogP contribution in [0.5, 0.6) is 0 Å². The largest absolute Gasteiger partial charge is 0.353 e. The van der Waals surface area contributed by atoms with Gasteiger partial charge < -0.3 is 4.90 Å². The monoisotopic (exact) mass is 269 g/mol. The van der Waals surface area contributed by atoms with Crippen LogP contribution in [-0.2, 0) is 12.8 Å². The Kier molecular flexibility index (Phi) is 3.65. The van der Waals surface area contributed by atoms with Crippen molar-refractivity contribution in [2.75, 3.05) is 11.4 Å². The van der Waals surface area contributed by atoms with Crippen molar-refractivity contribution in [3.63, 3.8) is 0 Å². The number of nitrogens with zero attached hydrogens (tertiary/aromatic N) is 3. The third-order valence-electron chi connectivity index (χ3n) is 4.36. The number of fused-ring (bicyclic) bond motifs is 1. The summed E-state index contributed by atoms with van der Waals surface area (Å²) in [7, 11) is 0. The van der Waals surface area contributed by atoms with Crippen LogP contribution < -0.4 is 4.90 Å².